The van der Waals surface area contributed by atoms with Gasteiger partial charge in [-0.15, -0.1) is 0 Å². The zero-order valence-electron chi connectivity index (χ0n) is 5.32. The highest BCUT2D eigenvalue weighted by atomic mass is 16.2. The van der Waals surface area contributed by atoms with Gasteiger partial charge in [-0.1, -0.05) is 0 Å². The summed E-state index contributed by atoms with van der Waals surface area (Å²) in [5.74, 6) is 0. The molecule has 2 N–H and O–H groups in total. The molecule has 0 spiro atoms. The van der Waals surface area contributed by atoms with Crippen LogP contribution in [0, 0.1) is 0 Å². The van der Waals surface area contributed by atoms with Gasteiger partial charge >= 0.3 is 6.03 Å². The topological polar surface area (TPSA) is 80.5 Å². The molecule has 10 heavy (non-hydrogen) atoms. The van der Waals surface area contributed by atoms with Gasteiger partial charge in [0.25, 0.3) is 0 Å². The predicted molar refractivity (Wildman–Crippen MR) is 33.0 cm³/mol. The first kappa shape index (κ1) is 8.61. The lowest BCUT2D eigenvalue weighted by atomic mass is 10.4. The predicted octanol–water partition coefficient (Wildman–Crippen LogP) is -0.887. The Hall–Kier alpha value is -1.39. The van der Waals surface area contributed by atoms with E-state index in [1.165, 1.54) is 0 Å². The fourth-order valence-electron chi connectivity index (χ4n) is 0.407. The van der Waals surface area contributed by atoms with Gasteiger partial charge in [0, 0.05) is 13.0 Å². The van der Waals surface area contributed by atoms with Crippen LogP contribution in [0.4, 0.5) is 4.79 Å². The quantitative estimate of drug-likeness (QED) is 0.520. The second-order valence-corrected chi connectivity index (χ2v) is 1.59. The molecule has 0 aromatic heterocycles. The molecule has 0 saturated carbocycles. The van der Waals surface area contributed by atoms with E-state index in [0.29, 0.717) is 12.7 Å². The van der Waals surface area contributed by atoms with Crippen molar-refractivity contribution in [2.75, 3.05) is 6.54 Å². The Labute approximate surface area is 57.8 Å². The number of rotatable bonds is 4. The van der Waals surface area contributed by atoms with Gasteiger partial charge in [0.15, 0.2) is 0 Å². The molecule has 0 bridgehead atoms. The Kier molecular flexibility index (Phi) is 3.86. The molecule has 56 valence electrons. The molecule has 0 fully saturated rings. The normalized spacial score (nSPS) is 8.40. The molecule has 0 aromatic carbocycles. The lowest BCUT2D eigenvalue weighted by molar-refractivity contribution is -0.115. The Bertz CT molecular complexity index is 146. The summed E-state index contributed by atoms with van der Waals surface area (Å²) in [6.45, 7) is 0.0579. The van der Waals surface area contributed by atoms with E-state index in [-0.39, 0.29) is 13.0 Å². The molecule has 3 amide bonds. The summed E-state index contributed by atoms with van der Waals surface area (Å²) in [6, 6.07) is -0.836. The third-order valence-electron chi connectivity index (χ3n) is 0.898. The summed E-state index contributed by atoms with van der Waals surface area (Å²) in [4.78, 5) is 30.7. The summed E-state index contributed by atoms with van der Waals surface area (Å²) in [5.41, 5.74) is 4.73. The molecular weight excluding hydrogens is 136 g/mol. The number of nitrogens with two attached hydrogens (primary N) is 1. The van der Waals surface area contributed by atoms with Gasteiger partial charge in [-0.3, -0.25) is 9.69 Å². The van der Waals surface area contributed by atoms with Crippen LogP contribution >= 0.6 is 0 Å². The number of imide groups is 1. The average Bonchev–Trinajstić information content (AvgIpc) is 1.89. The maximum absolute atomic E-state index is 10.2. The van der Waals surface area contributed by atoms with Crippen LogP contribution < -0.4 is 5.73 Å². The van der Waals surface area contributed by atoms with Gasteiger partial charge in [-0.25, -0.2) is 4.79 Å². The van der Waals surface area contributed by atoms with Crippen molar-refractivity contribution in [3.8, 4) is 0 Å². The molecule has 0 aromatic rings. The van der Waals surface area contributed by atoms with Crippen molar-refractivity contribution in [2.24, 2.45) is 5.73 Å². The van der Waals surface area contributed by atoms with E-state index in [9.17, 15) is 14.4 Å². The van der Waals surface area contributed by atoms with Crippen LogP contribution in [0.25, 0.3) is 0 Å². The first-order chi connectivity index (χ1) is 4.72. The van der Waals surface area contributed by atoms with Gasteiger partial charge < -0.3 is 10.5 Å². The minimum atomic E-state index is -0.836. The first-order valence-electron chi connectivity index (χ1n) is 2.67. The third kappa shape index (κ3) is 2.81. The molecule has 0 atom stereocenters. The SMILES string of the molecule is NC(=O)N(C=O)CCC=O. The van der Waals surface area contributed by atoms with E-state index in [4.69, 9.17) is 5.73 Å². The number of nitrogens with zero attached hydrogens (tertiary/aromatic N) is 1. The number of hydrogen-bond acceptors (Lipinski definition) is 3. The lowest BCUT2D eigenvalue weighted by Crippen LogP contribution is -2.35. The molecule has 0 aliphatic heterocycles. The van der Waals surface area contributed by atoms with E-state index in [1.54, 1.807) is 0 Å². The van der Waals surface area contributed by atoms with Crippen molar-refractivity contribution in [1.29, 1.82) is 0 Å². The Balaban J connectivity index is 3.71. The summed E-state index contributed by atoms with van der Waals surface area (Å²) in [7, 11) is 0. The number of carbonyl (C=O) groups is 3. The van der Waals surface area contributed by atoms with Crippen molar-refractivity contribution in [1.82, 2.24) is 4.90 Å². The fourth-order valence-corrected chi connectivity index (χ4v) is 0.407. The Morgan fingerprint density at radius 1 is 1.50 bits per heavy atom. The van der Waals surface area contributed by atoms with E-state index in [1.807, 2.05) is 0 Å². The standard InChI is InChI=1S/C5H8N2O3/c6-5(10)7(4-9)2-1-3-8/h3-4H,1-2H2,(H2,6,10). The van der Waals surface area contributed by atoms with Crippen molar-refractivity contribution < 1.29 is 14.4 Å². The number of carbonyl (C=O) groups excluding carboxylic acids is 3. The molecule has 0 aliphatic carbocycles. The zero-order valence-corrected chi connectivity index (χ0v) is 5.32. The molecular formula is C5H8N2O3. The van der Waals surface area contributed by atoms with Gasteiger partial charge in [0.05, 0.1) is 0 Å². The number of aldehydes is 1. The van der Waals surface area contributed by atoms with Crippen LogP contribution in [0.1, 0.15) is 6.42 Å². The first-order valence-corrected chi connectivity index (χ1v) is 2.67. The maximum Gasteiger partial charge on any atom is 0.321 e. The summed E-state index contributed by atoms with van der Waals surface area (Å²) < 4.78 is 0. The molecule has 0 aliphatic rings. The van der Waals surface area contributed by atoms with Crippen LogP contribution in [0.15, 0.2) is 0 Å². The minimum absolute atomic E-state index is 0.0579. The van der Waals surface area contributed by atoms with Crippen LogP contribution in [0.5, 0.6) is 0 Å². The summed E-state index contributed by atoms with van der Waals surface area (Å²) in [5, 5.41) is 0. The zero-order chi connectivity index (χ0) is 7.98. The second kappa shape index (κ2) is 4.49. The highest BCUT2D eigenvalue weighted by molar-refractivity contribution is 5.83. The summed E-state index contributed by atoms with van der Waals surface area (Å²) >= 11 is 0. The fraction of sp³-hybridized carbons (Fsp3) is 0.400. The number of primary amides is 1. The monoisotopic (exact) mass is 144 g/mol. The summed E-state index contributed by atoms with van der Waals surface area (Å²) in [6.07, 6.45) is 1.03. The third-order valence-corrected chi connectivity index (χ3v) is 0.898. The van der Waals surface area contributed by atoms with Gasteiger partial charge in [-0.2, -0.15) is 0 Å². The van der Waals surface area contributed by atoms with Crippen LogP contribution in [0.3, 0.4) is 0 Å². The Morgan fingerprint density at radius 2 is 2.10 bits per heavy atom. The van der Waals surface area contributed by atoms with E-state index in [2.05, 4.69) is 0 Å². The van der Waals surface area contributed by atoms with Crippen molar-refractivity contribution >= 4 is 18.7 Å². The van der Waals surface area contributed by atoms with Crippen molar-refractivity contribution in [2.45, 2.75) is 6.42 Å². The second-order valence-electron chi connectivity index (χ2n) is 1.59. The molecule has 0 unspecified atom stereocenters. The van der Waals surface area contributed by atoms with Crippen molar-refractivity contribution in [3.05, 3.63) is 0 Å². The Morgan fingerprint density at radius 3 is 2.40 bits per heavy atom. The van der Waals surface area contributed by atoms with Gasteiger partial charge in [0.1, 0.15) is 6.29 Å². The molecule has 0 radical (unpaired) electrons. The smallest absolute Gasteiger partial charge is 0.321 e. The maximum atomic E-state index is 10.2. The van der Waals surface area contributed by atoms with Gasteiger partial charge in [0.2, 0.25) is 6.41 Å². The van der Waals surface area contributed by atoms with Gasteiger partial charge in [-0.05, 0) is 0 Å². The number of hydrogen-bond donors (Lipinski definition) is 1. The average molecular weight is 144 g/mol. The largest absolute Gasteiger partial charge is 0.351 e. The van der Waals surface area contributed by atoms with Crippen molar-refractivity contribution in [3.63, 3.8) is 0 Å². The van der Waals surface area contributed by atoms with E-state index >= 15 is 0 Å². The molecule has 0 rings (SSSR count). The molecule has 0 saturated heterocycles. The van der Waals surface area contributed by atoms with Crippen LogP contribution in [-0.2, 0) is 9.59 Å². The van der Waals surface area contributed by atoms with Crippen LogP contribution in [0.2, 0.25) is 0 Å². The molecule has 0 heterocycles. The number of amides is 3. The highest BCUT2D eigenvalue weighted by Gasteiger charge is 2.05. The molecule has 5 nitrogen and oxygen atoms in total. The van der Waals surface area contributed by atoms with E-state index < -0.39 is 6.03 Å². The highest BCUT2D eigenvalue weighted by Crippen LogP contribution is 1.83. The molecule has 5 heteroatoms. The lowest BCUT2D eigenvalue weighted by Gasteiger charge is -2.08. The van der Waals surface area contributed by atoms with Crippen LogP contribution in [-0.4, -0.2) is 30.2 Å². The van der Waals surface area contributed by atoms with E-state index in [0.717, 1.165) is 4.90 Å². The minimum Gasteiger partial charge on any atom is -0.351 e. The number of urea groups is 1.